The van der Waals surface area contributed by atoms with E-state index in [-0.39, 0.29) is 5.91 Å². The Hall–Kier alpha value is -3.19. The molecule has 1 amide bonds. The van der Waals surface area contributed by atoms with E-state index in [0.29, 0.717) is 11.2 Å². The predicted molar refractivity (Wildman–Crippen MR) is 102 cm³/mol. The Morgan fingerprint density at radius 2 is 1.85 bits per heavy atom. The third-order valence-electron chi connectivity index (χ3n) is 3.95. The van der Waals surface area contributed by atoms with E-state index >= 15 is 0 Å². The molecule has 4 aromatic rings. The minimum absolute atomic E-state index is 0.119. The molecule has 7 heteroatoms. The summed E-state index contributed by atoms with van der Waals surface area (Å²) in [5.41, 5.74) is 3.86. The van der Waals surface area contributed by atoms with Crippen LogP contribution in [0.4, 0.5) is 5.69 Å². The van der Waals surface area contributed by atoms with Crippen molar-refractivity contribution >= 4 is 29.0 Å². The number of rotatable bonds is 4. The molecular weight excluding hydrogens is 346 g/mol. The summed E-state index contributed by atoms with van der Waals surface area (Å²) < 4.78 is 1.63. The third kappa shape index (κ3) is 3.16. The maximum Gasteiger partial charge on any atom is 0.256 e. The van der Waals surface area contributed by atoms with Gasteiger partial charge in [-0.25, -0.2) is 0 Å². The van der Waals surface area contributed by atoms with Crippen molar-refractivity contribution in [1.29, 1.82) is 0 Å². The summed E-state index contributed by atoms with van der Waals surface area (Å²) in [7, 11) is 0. The van der Waals surface area contributed by atoms with Crippen molar-refractivity contribution in [1.82, 2.24) is 19.8 Å². The van der Waals surface area contributed by atoms with Gasteiger partial charge in [0.2, 0.25) is 0 Å². The normalized spacial score (nSPS) is 10.8. The molecule has 0 bridgehead atoms. The van der Waals surface area contributed by atoms with Crippen molar-refractivity contribution < 1.29 is 4.79 Å². The summed E-state index contributed by atoms with van der Waals surface area (Å²) in [6.07, 6.45) is 3.52. The lowest BCUT2D eigenvalue weighted by atomic mass is 10.1. The van der Waals surface area contributed by atoms with Gasteiger partial charge in [0, 0.05) is 16.1 Å². The van der Waals surface area contributed by atoms with Gasteiger partial charge in [0.05, 0.1) is 11.3 Å². The number of fused-ring (bicyclic) bond motifs is 1. The van der Waals surface area contributed by atoms with Crippen LogP contribution in [0.5, 0.6) is 0 Å². The zero-order valence-corrected chi connectivity index (χ0v) is 14.8. The molecule has 0 saturated carbocycles. The lowest BCUT2D eigenvalue weighted by molar-refractivity contribution is 0.102. The Morgan fingerprint density at radius 1 is 1.04 bits per heavy atom. The van der Waals surface area contributed by atoms with Gasteiger partial charge in [-0.05, 0) is 42.7 Å². The van der Waals surface area contributed by atoms with Crippen LogP contribution in [-0.4, -0.2) is 32.0 Å². The molecule has 0 radical (unpaired) electrons. The Kier molecular flexibility index (Phi) is 4.37. The molecule has 0 spiro atoms. The number of aromatic nitrogens is 4. The number of carbonyl (C=O) groups is 1. The van der Waals surface area contributed by atoms with E-state index in [0.717, 1.165) is 21.8 Å². The van der Waals surface area contributed by atoms with Crippen molar-refractivity contribution in [2.45, 2.75) is 4.90 Å². The molecule has 6 nitrogen and oxygen atoms in total. The second kappa shape index (κ2) is 6.97. The fraction of sp³-hybridized carbons (Fsp3) is 0.0526. The van der Waals surface area contributed by atoms with Gasteiger partial charge in [-0.15, -0.1) is 22.0 Å². The number of thioether (sulfide) groups is 1. The first-order valence-corrected chi connectivity index (χ1v) is 9.19. The number of nitrogens with zero attached hydrogens (tertiary/aromatic N) is 4. The highest BCUT2D eigenvalue weighted by molar-refractivity contribution is 7.98. The molecule has 0 fully saturated rings. The topological polar surface area (TPSA) is 72.2 Å². The van der Waals surface area contributed by atoms with Gasteiger partial charge in [0.1, 0.15) is 6.33 Å². The Morgan fingerprint density at radius 3 is 2.65 bits per heavy atom. The monoisotopic (exact) mass is 361 g/mol. The summed E-state index contributed by atoms with van der Waals surface area (Å²) in [6, 6.07) is 18.9. The maximum atomic E-state index is 12.5. The van der Waals surface area contributed by atoms with E-state index in [4.69, 9.17) is 0 Å². The van der Waals surface area contributed by atoms with Crippen LogP contribution >= 0.6 is 11.8 Å². The number of nitrogens with one attached hydrogen (secondary N) is 1. The largest absolute Gasteiger partial charge is 0.322 e. The zero-order valence-electron chi connectivity index (χ0n) is 14.0. The Labute approximate surface area is 154 Å². The number of benzene rings is 2. The van der Waals surface area contributed by atoms with E-state index in [2.05, 4.69) is 20.6 Å². The molecule has 0 aliphatic carbocycles. The van der Waals surface area contributed by atoms with Gasteiger partial charge in [-0.1, -0.05) is 24.3 Å². The SMILES string of the molecule is CSc1ccccc1C(=O)Nc1ccc(-c2ccc3nncn3n2)cc1. The number of carbonyl (C=O) groups excluding carboxylic acids is 1. The van der Waals surface area contributed by atoms with Crippen LogP contribution < -0.4 is 5.32 Å². The van der Waals surface area contributed by atoms with E-state index in [1.165, 1.54) is 0 Å². The molecule has 2 aromatic heterocycles. The standard InChI is InChI=1S/C19H15N5OS/c1-26-17-5-3-2-4-15(17)19(25)21-14-8-6-13(7-9-14)16-10-11-18-22-20-12-24(18)23-16/h2-12H,1H3,(H,21,25). The smallest absolute Gasteiger partial charge is 0.256 e. The number of hydrogen-bond acceptors (Lipinski definition) is 5. The highest BCUT2D eigenvalue weighted by Crippen LogP contribution is 2.23. The van der Waals surface area contributed by atoms with Crippen LogP contribution in [0.25, 0.3) is 16.9 Å². The lowest BCUT2D eigenvalue weighted by Gasteiger charge is -2.09. The quantitative estimate of drug-likeness (QED) is 0.560. The van der Waals surface area contributed by atoms with Gasteiger partial charge in [-0.2, -0.15) is 9.61 Å². The van der Waals surface area contributed by atoms with Crippen molar-refractivity contribution in [3.8, 4) is 11.3 Å². The van der Waals surface area contributed by atoms with Gasteiger partial charge < -0.3 is 5.32 Å². The Bertz CT molecular complexity index is 1070. The minimum Gasteiger partial charge on any atom is -0.322 e. The van der Waals surface area contributed by atoms with E-state index in [9.17, 15) is 4.79 Å². The van der Waals surface area contributed by atoms with Gasteiger partial charge in [0.25, 0.3) is 5.91 Å². The number of amides is 1. The minimum atomic E-state index is -0.119. The molecule has 128 valence electrons. The summed E-state index contributed by atoms with van der Waals surface area (Å²) in [5, 5.41) is 15.2. The van der Waals surface area contributed by atoms with Crippen LogP contribution in [0.1, 0.15) is 10.4 Å². The molecule has 2 aromatic carbocycles. The first-order valence-electron chi connectivity index (χ1n) is 7.96. The second-order valence-corrected chi connectivity index (χ2v) is 6.43. The summed E-state index contributed by atoms with van der Waals surface area (Å²) >= 11 is 1.55. The molecular formula is C19H15N5OS. The van der Waals surface area contributed by atoms with E-state index < -0.39 is 0 Å². The Balaban J connectivity index is 1.55. The fourth-order valence-electron chi connectivity index (χ4n) is 2.64. The number of hydrogen-bond donors (Lipinski definition) is 1. The van der Waals surface area contributed by atoms with Crippen molar-refractivity contribution in [3.63, 3.8) is 0 Å². The molecule has 0 saturated heterocycles. The molecule has 4 rings (SSSR count). The summed E-state index contributed by atoms with van der Waals surface area (Å²) in [4.78, 5) is 13.5. The second-order valence-electron chi connectivity index (χ2n) is 5.58. The molecule has 26 heavy (non-hydrogen) atoms. The molecule has 2 heterocycles. The van der Waals surface area contributed by atoms with E-state index in [1.807, 2.05) is 66.9 Å². The van der Waals surface area contributed by atoms with Crippen molar-refractivity contribution in [3.05, 3.63) is 72.6 Å². The van der Waals surface area contributed by atoms with Crippen LogP contribution in [0.2, 0.25) is 0 Å². The van der Waals surface area contributed by atoms with Crippen molar-refractivity contribution in [2.75, 3.05) is 11.6 Å². The van der Waals surface area contributed by atoms with Crippen LogP contribution in [0.15, 0.2) is 71.9 Å². The number of anilines is 1. The van der Waals surface area contributed by atoms with Gasteiger partial charge >= 0.3 is 0 Å². The van der Waals surface area contributed by atoms with Gasteiger partial charge in [-0.3, -0.25) is 4.79 Å². The van der Waals surface area contributed by atoms with Gasteiger partial charge in [0.15, 0.2) is 5.65 Å². The van der Waals surface area contributed by atoms with Crippen molar-refractivity contribution in [2.24, 2.45) is 0 Å². The lowest BCUT2D eigenvalue weighted by Crippen LogP contribution is -2.12. The third-order valence-corrected chi connectivity index (χ3v) is 4.75. The van der Waals surface area contributed by atoms with Crippen LogP contribution in [0.3, 0.4) is 0 Å². The molecule has 0 atom stereocenters. The van der Waals surface area contributed by atoms with Crippen LogP contribution in [-0.2, 0) is 0 Å². The molecule has 0 aliphatic heterocycles. The fourth-order valence-corrected chi connectivity index (χ4v) is 3.23. The predicted octanol–water partition coefficient (Wildman–Crippen LogP) is 3.77. The molecule has 0 aliphatic rings. The van der Waals surface area contributed by atoms with E-state index in [1.54, 1.807) is 22.6 Å². The summed E-state index contributed by atoms with van der Waals surface area (Å²) in [5.74, 6) is -0.119. The highest BCUT2D eigenvalue weighted by atomic mass is 32.2. The van der Waals surface area contributed by atoms with Crippen LogP contribution in [0, 0.1) is 0 Å². The molecule has 0 unspecified atom stereocenters. The highest BCUT2D eigenvalue weighted by Gasteiger charge is 2.11. The first kappa shape index (κ1) is 16.3. The zero-order chi connectivity index (χ0) is 17.9. The summed E-state index contributed by atoms with van der Waals surface area (Å²) in [6.45, 7) is 0. The molecule has 1 N–H and O–H groups in total. The first-order chi connectivity index (χ1) is 12.7. The average molecular weight is 361 g/mol. The maximum absolute atomic E-state index is 12.5. The average Bonchev–Trinajstić information content (AvgIpc) is 3.16.